The molecule has 3 aromatic carbocycles. The summed E-state index contributed by atoms with van der Waals surface area (Å²) in [5.74, 6) is -3.15. The molecule has 1 heterocycles. The zero-order valence-corrected chi connectivity index (χ0v) is 20.2. The molecule has 0 radical (unpaired) electrons. The zero-order valence-electron chi connectivity index (χ0n) is 18.7. The molecule has 12 heteroatoms. The second-order valence-corrected chi connectivity index (χ2v) is 8.71. The molecule has 1 aliphatic heterocycles. The van der Waals surface area contributed by atoms with Crippen LogP contribution in [0.2, 0.25) is 5.02 Å². The number of imide groups is 1. The lowest BCUT2D eigenvalue weighted by Crippen LogP contribution is -2.32. The fourth-order valence-electron chi connectivity index (χ4n) is 3.48. The summed E-state index contributed by atoms with van der Waals surface area (Å²) in [6.07, 6.45) is -4.58. The first-order chi connectivity index (χ1) is 17.4. The molecule has 3 aromatic rings. The Morgan fingerprint density at radius 2 is 1.68 bits per heavy atom. The number of rotatable bonds is 5. The molecule has 0 bridgehead atoms. The number of benzene rings is 3. The number of amides is 3. The van der Waals surface area contributed by atoms with Crippen LogP contribution in [0.1, 0.15) is 21.5 Å². The Hall–Kier alpha value is -3.89. The maximum atomic E-state index is 13.5. The maximum absolute atomic E-state index is 13.5. The normalized spacial score (nSPS) is 13.9. The number of carbonyl (C=O) groups excluding carboxylic acids is 3. The highest BCUT2D eigenvalue weighted by Crippen LogP contribution is 2.33. The minimum absolute atomic E-state index is 0.00212. The van der Waals surface area contributed by atoms with Crippen molar-refractivity contribution in [2.24, 2.45) is 0 Å². The van der Waals surface area contributed by atoms with Crippen molar-refractivity contribution in [2.45, 2.75) is 13.1 Å². The summed E-state index contributed by atoms with van der Waals surface area (Å²) >= 11 is 11.9. The molecule has 2 N–H and O–H groups in total. The number of hydrogen-bond donors (Lipinski definition) is 2. The lowest BCUT2D eigenvalue weighted by molar-refractivity contribution is -0.137. The van der Waals surface area contributed by atoms with E-state index >= 15 is 0 Å². The van der Waals surface area contributed by atoms with E-state index in [0.29, 0.717) is 5.56 Å². The molecule has 4 rings (SSSR count). The highest BCUT2D eigenvalue weighted by atomic mass is 35.5. The summed E-state index contributed by atoms with van der Waals surface area (Å²) in [7, 11) is 0. The third-order valence-electron chi connectivity index (χ3n) is 5.40. The first kappa shape index (κ1) is 26.2. The largest absolute Gasteiger partial charge is 0.416 e. The van der Waals surface area contributed by atoms with E-state index in [1.54, 1.807) is 6.92 Å². The molecule has 0 aliphatic carbocycles. The topological polar surface area (TPSA) is 78.5 Å². The third-order valence-corrected chi connectivity index (χ3v) is 6.04. The molecular formula is C25H15Cl2F4N3O3. The lowest BCUT2D eigenvalue weighted by atomic mass is 10.1. The van der Waals surface area contributed by atoms with E-state index in [4.69, 9.17) is 23.2 Å². The number of nitrogens with zero attached hydrogens (tertiary/aromatic N) is 1. The maximum Gasteiger partial charge on any atom is 0.416 e. The van der Waals surface area contributed by atoms with Crippen LogP contribution in [0.3, 0.4) is 0 Å². The van der Waals surface area contributed by atoms with Crippen LogP contribution in [-0.2, 0) is 15.8 Å². The fourth-order valence-corrected chi connectivity index (χ4v) is 3.87. The summed E-state index contributed by atoms with van der Waals surface area (Å²) in [5, 5.41) is 4.41. The molecule has 0 fully saturated rings. The van der Waals surface area contributed by atoms with Gasteiger partial charge in [-0.2, -0.15) is 13.2 Å². The van der Waals surface area contributed by atoms with E-state index < -0.39 is 40.3 Å². The van der Waals surface area contributed by atoms with Crippen LogP contribution in [0.5, 0.6) is 0 Å². The van der Waals surface area contributed by atoms with Crippen molar-refractivity contribution in [3.8, 4) is 0 Å². The van der Waals surface area contributed by atoms with E-state index in [-0.39, 0.29) is 33.3 Å². The van der Waals surface area contributed by atoms with E-state index in [9.17, 15) is 31.9 Å². The standard InChI is InChI=1S/C25H15Cl2F4N3O3/c1-12-5-6-13(22(35)32-15-4-2-3-14(10-15)25(29,30)31)9-19(12)33-21-20(27)23(36)34(24(21)37)16-7-8-18(28)17(26)11-16/h2-11,33H,1H3,(H,32,35). The Bertz CT molecular complexity index is 1490. The van der Waals surface area contributed by atoms with E-state index in [1.165, 1.54) is 30.3 Å². The minimum Gasteiger partial charge on any atom is -0.349 e. The first-order valence-electron chi connectivity index (χ1n) is 10.5. The molecule has 3 amide bonds. The Balaban J connectivity index is 1.57. The van der Waals surface area contributed by atoms with Crippen molar-refractivity contribution in [2.75, 3.05) is 15.5 Å². The number of hydrogen-bond acceptors (Lipinski definition) is 4. The van der Waals surface area contributed by atoms with Gasteiger partial charge < -0.3 is 10.6 Å². The molecule has 1 aliphatic rings. The van der Waals surface area contributed by atoms with Crippen molar-refractivity contribution >= 4 is 58.0 Å². The molecule has 0 atom stereocenters. The Kier molecular flexibility index (Phi) is 6.98. The van der Waals surface area contributed by atoms with Crippen LogP contribution in [0.25, 0.3) is 0 Å². The van der Waals surface area contributed by atoms with E-state index in [2.05, 4.69) is 10.6 Å². The number of nitrogens with one attached hydrogen (secondary N) is 2. The van der Waals surface area contributed by atoms with Crippen LogP contribution >= 0.6 is 23.2 Å². The van der Waals surface area contributed by atoms with Crippen LogP contribution < -0.4 is 15.5 Å². The second kappa shape index (κ2) is 9.87. The van der Waals surface area contributed by atoms with Crippen molar-refractivity contribution in [1.29, 1.82) is 0 Å². The summed E-state index contributed by atoms with van der Waals surface area (Å²) < 4.78 is 52.4. The van der Waals surface area contributed by atoms with Crippen molar-refractivity contribution in [3.63, 3.8) is 0 Å². The first-order valence-corrected chi connectivity index (χ1v) is 11.2. The number of carbonyl (C=O) groups is 3. The van der Waals surface area contributed by atoms with Gasteiger partial charge >= 0.3 is 6.18 Å². The fraction of sp³-hybridized carbons (Fsp3) is 0.0800. The van der Waals surface area contributed by atoms with Crippen molar-refractivity contribution < 1.29 is 31.9 Å². The van der Waals surface area contributed by atoms with Crippen LogP contribution in [-0.4, -0.2) is 17.7 Å². The van der Waals surface area contributed by atoms with Gasteiger partial charge in [-0.15, -0.1) is 0 Å². The average Bonchev–Trinajstić information content (AvgIpc) is 3.04. The van der Waals surface area contributed by atoms with Gasteiger partial charge in [-0.3, -0.25) is 14.4 Å². The summed E-state index contributed by atoms with van der Waals surface area (Å²) in [4.78, 5) is 39.1. The highest BCUT2D eigenvalue weighted by molar-refractivity contribution is 6.53. The van der Waals surface area contributed by atoms with Gasteiger partial charge in [0.15, 0.2) is 0 Å². The molecule has 0 aromatic heterocycles. The summed E-state index contributed by atoms with van der Waals surface area (Å²) in [5.41, 5.74) is -0.407. The molecule has 0 unspecified atom stereocenters. The van der Waals surface area contributed by atoms with Gasteiger partial charge in [0, 0.05) is 16.9 Å². The van der Waals surface area contributed by atoms with Gasteiger partial charge in [-0.1, -0.05) is 35.3 Å². The van der Waals surface area contributed by atoms with Crippen molar-refractivity contribution in [1.82, 2.24) is 0 Å². The van der Waals surface area contributed by atoms with Crippen molar-refractivity contribution in [3.05, 3.63) is 98.9 Å². The van der Waals surface area contributed by atoms with Gasteiger partial charge in [0.05, 0.1) is 16.3 Å². The second-order valence-electron chi connectivity index (χ2n) is 7.92. The lowest BCUT2D eigenvalue weighted by Gasteiger charge is -2.16. The summed E-state index contributed by atoms with van der Waals surface area (Å²) in [6.45, 7) is 1.66. The monoisotopic (exact) mass is 551 g/mol. The Morgan fingerprint density at radius 3 is 2.35 bits per heavy atom. The highest BCUT2D eigenvalue weighted by Gasteiger charge is 2.39. The quantitative estimate of drug-likeness (QED) is 0.280. The molecule has 37 heavy (non-hydrogen) atoms. The average molecular weight is 552 g/mol. The van der Waals surface area contributed by atoms with Gasteiger partial charge in [0.25, 0.3) is 17.7 Å². The SMILES string of the molecule is Cc1ccc(C(=O)Nc2cccc(C(F)(F)F)c2)cc1NC1=C(Cl)C(=O)N(c2ccc(F)c(Cl)c2)C1=O. The van der Waals surface area contributed by atoms with Gasteiger partial charge in [0.2, 0.25) is 0 Å². The molecular weight excluding hydrogens is 537 g/mol. The van der Waals surface area contributed by atoms with Gasteiger partial charge in [-0.25, -0.2) is 9.29 Å². The number of anilines is 3. The van der Waals surface area contributed by atoms with Crippen LogP contribution in [0, 0.1) is 12.7 Å². The predicted molar refractivity (Wildman–Crippen MR) is 131 cm³/mol. The Labute approximate surface area is 217 Å². The Morgan fingerprint density at radius 1 is 0.946 bits per heavy atom. The predicted octanol–water partition coefficient (Wildman–Crippen LogP) is 6.49. The van der Waals surface area contributed by atoms with Crippen LogP contribution in [0.15, 0.2) is 71.4 Å². The molecule has 0 saturated carbocycles. The van der Waals surface area contributed by atoms with Gasteiger partial charge in [-0.05, 0) is 61.0 Å². The number of aryl methyl sites for hydroxylation is 1. The zero-order chi connectivity index (χ0) is 27.1. The third kappa shape index (κ3) is 5.30. The van der Waals surface area contributed by atoms with Gasteiger partial charge in [0.1, 0.15) is 16.5 Å². The molecule has 6 nitrogen and oxygen atoms in total. The number of halogens is 6. The molecule has 0 saturated heterocycles. The van der Waals surface area contributed by atoms with E-state index in [0.717, 1.165) is 35.2 Å². The number of alkyl halides is 3. The van der Waals surface area contributed by atoms with E-state index in [1.807, 2.05) is 0 Å². The molecule has 0 spiro atoms. The molecule has 190 valence electrons. The van der Waals surface area contributed by atoms with Crippen LogP contribution in [0.4, 0.5) is 34.6 Å². The summed E-state index contributed by atoms with van der Waals surface area (Å²) in [6, 6.07) is 11.8. The minimum atomic E-state index is -4.58. The smallest absolute Gasteiger partial charge is 0.349 e.